The number of oxime groups is 1. The summed E-state index contributed by atoms with van der Waals surface area (Å²) < 4.78 is 3.82. The zero-order valence-electron chi connectivity index (χ0n) is 11.6. The van der Waals surface area contributed by atoms with Crippen molar-refractivity contribution in [2.24, 2.45) is 10.9 Å². The van der Waals surface area contributed by atoms with Crippen LogP contribution in [0.4, 0.5) is 5.69 Å². The zero-order valence-corrected chi connectivity index (χ0v) is 12.4. The van der Waals surface area contributed by atoms with Crippen LogP contribution in [-0.2, 0) is 0 Å². The first-order chi connectivity index (χ1) is 10.0. The molecule has 21 heavy (non-hydrogen) atoms. The average Bonchev–Trinajstić information content (AvgIpc) is 2.96. The normalized spacial score (nSPS) is 11.7. The fraction of sp³-hybridized carbons (Fsp3) is 0.231. The van der Waals surface area contributed by atoms with Crippen molar-refractivity contribution < 1.29 is 10.0 Å². The summed E-state index contributed by atoms with van der Waals surface area (Å²) >= 11 is 1.06. The Kier molecular flexibility index (Phi) is 4.49. The van der Waals surface area contributed by atoms with Crippen LogP contribution >= 0.6 is 11.5 Å². The minimum absolute atomic E-state index is 0.0200. The van der Waals surface area contributed by atoms with Gasteiger partial charge in [-0.2, -0.15) is 0 Å². The molecule has 0 unspecified atom stereocenters. The number of hydrogen-bond donors (Lipinski definition) is 3. The summed E-state index contributed by atoms with van der Waals surface area (Å²) in [5.41, 5.74) is 7.26. The maximum atomic E-state index is 12.3. The van der Waals surface area contributed by atoms with E-state index >= 15 is 0 Å². The maximum absolute atomic E-state index is 12.3. The second kappa shape index (κ2) is 6.31. The lowest BCUT2D eigenvalue weighted by Gasteiger charge is -2.07. The highest BCUT2D eigenvalue weighted by atomic mass is 32.1. The minimum atomic E-state index is -0.273. The molecule has 8 heteroatoms. The van der Waals surface area contributed by atoms with Crippen molar-refractivity contribution in [3.63, 3.8) is 0 Å². The molecular weight excluding hydrogens is 290 g/mol. The monoisotopic (exact) mass is 305 g/mol. The van der Waals surface area contributed by atoms with Gasteiger partial charge in [0.2, 0.25) is 0 Å². The smallest absolute Gasteiger partial charge is 0.269 e. The van der Waals surface area contributed by atoms with Gasteiger partial charge in [0.25, 0.3) is 5.91 Å². The van der Waals surface area contributed by atoms with Crippen LogP contribution in [0.5, 0.6) is 0 Å². The van der Waals surface area contributed by atoms with Crippen LogP contribution in [0.25, 0.3) is 0 Å². The van der Waals surface area contributed by atoms with Crippen LogP contribution in [0.1, 0.15) is 40.7 Å². The number of nitrogens with zero attached hydrogens (tertiary/aromatic N) is 3. The largest absolute Gasteiger partial charge is 0.409 e. The Balaban J connectivity index is 2.22. The molecular formula is C13H15N5O2S. The minimum Gasteiger partial charge on any atom is -0.409 e. The Morgan fingerprint density at radius 2 is 2.24 bits per heavy atom. The van der Waals surface area contributed by atoms with Gasteiger partial charge in [0.1, 0.15) is 4.88 Å². The molecule has 0 saturated heterocycles. The quantitative estimate of drug-likeness (QED) is 0.346. The van der Waals surface area contributed by atoms with E-state index in [9.17, 15) is 4.79 Å². The molecule has 0 atom stereocenters. The number of aromatic nitrogens is 2. The summed E-state index contributed by atoms with van der Waals surface area (Å²) in [6, 6.07) is 6.72. The fourth-order valence-electron chi connectivity index (χ4n) is 1.73. The first kappa shape index (κ1) is 14.9. The number of rotatable bonds is 4. The third kappa shape index (κ3) is 3.34. The Hall–Kier alpha value is -2.48. The van der Waals surface area contributed by atoms with E-state index in [4.69, 9.17) is 10.9 Å². The van der Waals surface area contributed by atoms with E-state index in [2.05, 4.69) is 20.1 Å². The van der Waals surface area contributed by atoms with Gasteiger partial charge in [-0.15, -0.1) is 5.10 Å². The van der Waals surface area contributed by atoms with Gasteiger partial charge in [-0.3, -0.25) is 4.79 Å². The summed E-state index contributed by atoms with van der Waals surface area (Å²) in [4.78, 5) is 12.7. The molecule has 2 aromatic rings. The number of carbonyl (C=O) groups excluding carboxylic acids is 1. The molecule has 7 nitrogen and oxygen atoms in total. The molecule has 0 bridgehead atoms. The topological polar surface area (TPSA) is 113 Å². The van der Waals surface area contributed by atoms with E-state index in [0.29, 0.717) is 21.8 Å². The molecule has 1 heterocycles. The third-order valence-electron chi connectivity index (χ3n) is 2.79. The average molecular weight is 305 g/mol. The van der Waals surface area contributed by atoms with E-state index in [1.165, 1.54) is 0 Å². The first-order valence-electron chi connectivity index (χ1n) is 6.24. The Morgan fingerprint density at radius 3 is 2.90 bits per heavy atom. The summed E-state index contributed by atoms with van der Waals surface area (Å²) in [6.45, 7) is 3.90. The lowest BCUT2D eigenvalue weighted by molar-refractivity contribution is 0.102. The SMILES string of the molecule is CC(C)c1nnsc1C(=O)Nc1cccc(C(N)=NO)c1. The second-order valence-electron chi connectivity index (χ2n) is 4.66. The number of hydrogen-bond acceptors (Lipinski definition) is 6. The molecule has 0 saturated carbocycles. The number of nitrogens with one attached hydrogen (secondary N) is 1. The standard InChI is InChI=1S/C13H15N5O2S/c1-7(2)10-11(21-18-16-10)13(19)15-9-5-3-4-8(6-9)12(14)17-20/h3-7,20H,1-2H3,(H2,14,17)(H,15,19). The van der Waals surface area contributed by atoms with Gasteiger partial charge in [-0.1, -0.05) is 35.6 Å². The van der Waals surface area contributed by atoms with Crippen LogP contribution in [0.3, 0.4) is 0 Å². The molecule has 1 aromatic carbocycles. The van der Waals surface area contributed by atoms with Crippen molar-refractivity contribution in [3.05, 3.63) is 40.4 Å². The van der Waals surface area contributed by atoms with Crippen molar-refractivity contribution in [2.75, 3.05) is 5.32 Å². The fourth-order valence-corrected chi connectivity index (χ4v) is 2.45. The van der Waals surface area contributed by atoms with Crippen molar-refractivity contribution in [3.8, 4) is 0 Å². The lowest BCUT2D eigenvalue weighted by atomic mass is 10.1. The molecule has 0 aliphatic carbocycles. The van der Waals surface area contributed by atoms with Crippen molar-refractivity contribution in [1.29, 1.82) is 0 Å². The Labute approximate surface area is 125 Å². The van der Waals surface area contributed by atoms with E-state index in [-0.39, 0.29) is 17.7 Å². The van der Waals surface area contributed by atoms with Crippen molar-refractivity contribution in [2.45, 2.75) is 19.8 Å². The van der Waals surface area contributed by atoms with Crippen LogP contribution in [0.15, 0.2) is 29.4 Å². The van der Waals surface area contributed by atoms with Crippen LogP contribution < -0.4 is 11.1 Å². The molecule has 0 fully saturated rings. The molecule has 2 rings (SSSR count). The molecule has 1 aromatic heterocycles. The highest BCUT2D eigenvalue weighted by Gasteiger charge is 2.18. The van der Waals surface area contributed by atoms with E-state index in [0.717, 1.165) is 11.5 Å². The summed E-state index contributed by atoms with van der Waals surface area (Å²) in [7, 11) is 0. The van der Waals surface area contributed by atoms with Crippen LogP contribution in [-0.4, -0.2) is 26.5 Å². The predicted molar refractivity (Wildman–Crippen MR) is 80.9 cm³/mol. The predicted octanol–water partition coefficient (Wildman–Crippen LogP) is 2.01. The maximum Gasteiger partial charge on any atom is 0.269 e. The molecule has 0 radical (unpaired) electrons. The molecule has 1 amide bonds. The number of amides is 1. The van der Waals surface area contributed by atoms with Gasteiger partial charge < -0.3 is 16.3 Å². The van der Waals surface area contributed by atoms with Gasteiger partial charge in [0.05, 0.1) is 5.69 Å². The Morgan fingerprint density at radius 1 is 1.48 bits per heavy atom. The number of anilines is 1. The van der Waals surface area contributed by atoms with Crippen molar-refractivity contribution >= 4 is 29.0 Å². The van der Waals surface area contributed by atoms with Gasteiger partial charge in [0, 0.05) is 11.3 Å². The van der Waals surface area contributed by atoms with Crippen LogP contribution in [0, 0.1) is 0 Å². The highest BCUT2D eigenvalue weighted by molar-refractivity contribution is 7.08. The highest BCUT2D eigenvalue weighted by Crippen LogP contribution is 2.21. The number of benzene rings is 1. The summed E-state index contributed by atoms with van der Waals surface area (Å²) in [5, 5.41) is 18.3. The van der Waals surface area contributed by atoms with E-state index in [1.54, 1.807) is 24.3 Å². The molecule has 110 valence electrons. The molecule has 4 N–H and O–H groups in total. The Bertz CT molecular complexity index is 681. The van der Waals surface area contributed by atoms with Gasteiger partial charge in [-0.25, -0.2) is 0 Å². The van der Waals surface area contributed by atoms with Gasteiger partial charge in [-0.05, 0) is 29.6 Å². The van der Waals surface area contributed by atoms with Crippen molar-refractivity contribution in [1.82, 2.24) is 9.59 Å². The van der Waals surface area contributed by atoms with Crippen LogP contribution in [0.2, 0.25) is 0 Å². The van der Waals surface area contributed by atoms with E-state index in [1.807, 2.05) is 13.8 Å². The number of carbonyl (C=O) groups is 1. The molecule has 0 aliphatic rings. The summed E-state index contributed by atoms with van der Waals surface area (Å²) in [5.74, 6) is -0.174. The van der Waals surface area contributed by atoms with Gasteiger partial charge >= 0.3 is 0 Å². The van der Waals surface area contributed by atoms with E-state index < -0.39 is 0 Å². The molecule has 0 aliphatic heterocycles. The first-order valence-corrected chi connectivity index (χ1v) is 7.01. The van der Waals surface area contributed by atoms with Gasteiger partial charge in [0.15, 0.2) is 5.84 Å². The molecule has 0 spiro atoms. The second-order valence-corrected chi connectivity index (χ2v) is 5.42. The number of amidine groups is 1. The third-order valence-corrected chi connectivity index (χ3v) is 3.53. The lowest BCUT2D eigenvalue weighted by Crippen LogP contribution is -2.15. The number of nitrogens with two attached hydrogens (primary N) is 1. The summed E-state index contributed by atoms with van der Waals surface area (Å²) in [6.07, 6.45) is 0. The zero-order chi connectivity index (χ0) is 15.4.